The second kappa shape index (κ2) is 8.75. The second-order valence-electron chi connectivity index (χ2n) is 8.27. The van der Waals surface area contributed by atoms with Gasteiger partial charge in [0.2, 0.25) is 0 Å². The molecule has 34 heavy (non-hydrogen) atoms. The minimum atomic E-state index is 0.685. The van der Waals surface area contributed by atoms with Crippen LogP contribution in [0, 0.1) is 0 Å². The maximum absolute atomic E-state index is 5.58. The van der Waals surface area contributed by atoms with Crippen LogP contribution in [-0.4, -0.2) is 62.8 Å². The molecule has 0 saturated carbocycles. The molecule has 0 radical (unpaired) electrons. The van der Waals surface area contributed by atoms with E-state index in [1.165, 1.54) is 0 Å². The summed E-state index contributed by atoms with van der Waals surface area (Å²) in [5.41, 5.74) is 4.51. The number of ether oxygens (including phenoxy) is 2. The van der Waals surface area contributed by atoms with Crippen molar-refractivity contribution in [1.29, 1.82) is 0 Å². The summed E-state index contributed by atoms with van der Waals surface area (Å²) in [6, 6.07) is 9.96. The summed E-state index contributed by atoms with van der Waals surface area (Å²) in [5.74, 6) is 2.68. The van der Waals surface area contributed by atoms with Crippen LogP contribution in [0.2, 0.25) is 0 Å². The van der Waals surface area contributed by atoms with E-state index >= 15 is 0 Å². The minimum Gasteiger partial charge on any atom is -0.501 e. The normalized spacial score (nSPS) is 16.4. The van der Waals surface area contributed by atoms with Gasteiger partial charge in [-0.15, -0.1) is 0 Å². The van der Waals surface area contributed by atoms with E-state index in [2.05, 4.69) is 22.0 Å². The number of aromatic nitrogens is 6. The second-order valence-corrected chi connectivity index (χ2v) is 8.27. The lowest BCUT2D eigenvalue weighted by Gasteiger charge is -2.29. The molecule has 1 fully saturated rings. The summed E-state index contributed by atoms with van der Waals surface area (Å²) >= 11 is 0. The number of hydrogen-bond acceptors (Lipinski definition) is 7. The molecule has 1 aliphatic heterocycles. The first kappa shape index (κ1) is 20.6. The third-order valence-corrected chi connectivity index (χ3v) is 6.14. The van der Waals surface area contributed by atoms with Crippen molar-refractivity contribution < 1.29 is 9.47 Å². The van der Waals surface area contributed by atoms with Gasteiger partial charge in [0.1, 0.15) is 5.82 Å². The highest BCUT2D eigenvalue weighted by atomic mass is 16.5. The molecule has 4 aromatic rings. The lowest BCUT2D eigenvalue weighted by Crippen LogP contribution is -2.37. The van der Waals surface area contributed by atoms with Crippen molar-refractivity contribution in [3.63, 3.8) is 0 Å². The molecule has 9 nitrogen and oxygen atoms in total. The van der Waals surface area contributed by atoms with Gasteiger partial charge in [-0.3, -0.25) is 4.98 Å². The smallest absolute Gasteiger partial charge is 0.160 e. The first-order valence-electron chi connectivity index (χ1n) is 11.4. The largest absolute Gasteiger partial charge is 0.501 e. The van der Waals surface area contributed by atoms with Gasteiger partial charge in [0.25, 0.3) is 0 Å². The van der Waals surface area contributed by atoms with Crippen LogP contribution < -0.4 is 4.90 Å². The Hall–Kier alpha value is -3.98. The Bertz CT molecular complexity index is 1380. The van der Waals surface area contributed by atoms with Crippen molar-refractivity contribution in [1.82, 2.24) is 29.4 Å². The summed E-state index contributed by atoms with van der Waals surface area (Å²) in [5, 5.41) is 9.69. The first-order chi connectivity index (χ1) is 16.8. The molecule has 9 heteroatoms. The zero-order chi connectivity index (χ0) is 22.9. The average molecular weight is 456 g/mol. The SMILES string of the molecule is COC1=CC(c2ccn(-c3cc(N4CCOCC4)n4nc(-c5cccnc5)cc4n3)n2)=CCC1. The number of methoxy groups -OCH3 is 1. The van der Waals surface area contributed by atoms with Gasteiger partial charge >= 0.3 is 0 Å². The summed E-state index contributed by atoms with van der Waals surface area (Å²) in [7, 11) is 1.71. The topological polar surface area (TPSA) is 82.6 Å². The average Bonchev–Trinajstić information content (AvgIpc) is 3.57. The predicted octanol–water partition coefficient (Wildman–Crippen LogP) is 3.52. The van der Waals surface area contributed by atoms with Crippen LogP contribution in [0.3, 0.4) is 0 Å². The fourth-order valence-electron chi connectivity index (χ4n) is 4.36. The van der Waals surface area contributed by atoms with Gasteiger partial charge in [0.15, 0.2) is 11.5 Å². The van der Waals surface area contributed by atoms with Crippen LogP contribution in [0.5, 0.6) is 0 Å². The summed E-state index contributed by atoms with van der Waals surface area (Å²) in [4.78, 5) is 11.4. The Balaban J connectivity index is 1.43. The molecular weight excluding hydrogens is 430 g/mol. The van der Waals surface area contributed by atoms with Crippen LogP contribution in [0.15, 0.2) is 66.8 Å². The predicted molar refractivity (Wildman–Crippen MR) is 129 cm³/mol. The number of nitrogens with zero attached hydrogens (tertiary/aromatic N) is 7. The molecule has 2 aliphatic rings. The molecule has 5 heterocycles. The third-order valence-electron chi connectivity index (χ3n) is 6.14. The van der Waals surface area contributed by atoms with Crippen LogP contribution in [0.1, 0.15) is 18.5 Å². The molecule has 6 rings (SSSR count). The Kier molecular flexibility index (Phi) is 5.31. The molecule has 4 aromatic heterocycles. The monoisotopic (exact) mass is 455 g/mol. The number of hydrogen-bond donors (Lipinski definition) is 0. The van der Waals surface area contributed by atoms with E-state index in [1.54, 1.807) is 13.3 Å². The van der Waals surface area contributed by atoms with E-state index in [-0.39, 0.29) is 0 Å². The zero-order valence-electron chi connectivity index (χ0n) is 19.0. The van der Waals surface area contributed by atoms with Gasteiger partial charge < -0.3 is 14.4 Å². The summed E-state index contributed by atoms with van der Waals surface area (Å²) in [6.45, 7) is 2.96. The van der Waals surface area contributed by atoms with Crippen molar-refractivity contribution in [2.75, 3.05) is 38.3 Å². The van der Waals surface area contributed by atoms with Gasteiger partial charge in [-0.25, -0.2) is 9.67 Å². The number of anilines is 1. The quantitative estimate of drug-likeness (QED) is 0.455. The lowest BCUT2D eigenvalue weighted by atomic mass is 10.0. The maximum atomic E-state index is 5.58. The highest BCUT2D eigenvalue weighted by Gasteiger charge is 2.20. The lowest BCUT2D eigenvalue weighted by molar-refractivity contribution is 0.122. The molecule has 0 N–H and O–H groups in total. The van der Waals surface area contributed by atoms with Crippen molar-refractivity contribution in [3.05, 3.63) is 72.5 Å². The van der Waals surface area contributed by atoms with Crippen molar-refractivity contribution in [2.24, 2.45) is 0 Å². The Labute approximate surface area is 197 Å². The Morgan fingerprint density at radius 3 is 2.79 bits per heavy atom. The number of rotatable bonds is 5. The fraction of sp³-hybridized carbons (Fsp3) is 0.280. The Morgan fingerprint density at radius 2 is 1.97 bits per heavy atom. The minimum absolute atomic E-state index is 0.685. The maximum Gasteiger partial charge on any atom is 0.160 e. The van der Waals surface area contributed by atoms with E-state index in [0.717, 1.165) is 71.5 Å². The molecule has 0 spiro atoms. The third kappa shape index (κ3) is 3.84. The van der Waals surface area contributed by atoms with E-state index in [1.807, 2.05) is 51.9 Å². The van der Waals surface area contributed by atoms with E-state index in [4.69, 9.17) is 24.7 Å². The van der Waals surface area contributed by atoms with Gasteiger partial charge in [0, 0.05) is 61.4 Å². The zero-order valence-corrected chi connectivity index (χ0v) is 19.0. The highest BCUT2D eigenvalue weighted by Crippen LogP contribution is 2.27. The summed E-state index contributed by atoms with van der Waals surface area (Å²) < 4.78 is 14.8. The Morgan fingerprint density at radius 1 is 1.06 bits per heavy atom. The fourth-order valence-corrected chi connectivity index (χ4v) is 4.36. The number of fused-ring (bicyclic) bond motifs is 1. The molecule has 0 bridgehead atoms. The van der Waals surface area contributed by atoms with Crippen LogP contribution in [-0.2, 0) is 9.47 Å². The van der Waals surface area contributed by atoms with E-state index in [9.17, 15) is 0 Å². The molecule has 0 atom stereocenters. The summed E-state index contributed by atoms with van der Waals surface area (Å²) in [6.07, 6.45) is 11.6. The molecule has 172 valence electrons. The van der Waals surface area contributed by atoms with E-state index in [0.29, 0.717) is 13.2 Å². The molecule has 0 aromatic carbocycles. The number of allylic oxidation sites excluding steroid dienone is 4. The number of morpholine rings is 1. The first-order valence-corrected chi connectivity index (χ1v) is 11.4. The molecular formula is C25H25N7O2. The number of pyridine rings is 1. The van der Waals surface area contributed by atoms with Gasteiger partial charge in [-0.05, 0) is 30.7 Å². The standard InChI is InChI=1S/C25H25N7O2/c1-33-20-6-2-4-18(14-20)21-7-9-31(28-21)23-16-25(30-10-12-34-13-11-30)32-24(27-23)15-22(29-32)19-5-3-8-26-17-19/h3-5,7-9,14-17H,2,6,10-13H2,1H3. The van der Waals surface area contributed by atoms with Crippen molar-refractivity contribution >= 4 is 17.0 Å². The van der Waals surface area contributed by atoms with E-state index < -0.39 is 0 Å². The van der Waals surface area contributed by atoms with Crippen molar-refractivity contribution in [3.8, 4) is 17.1 Å². The highest BCUT2D eigenvalue weighted by molar-refractivity contribution is 5.73. The van der Waals surface area contributed by atoms with Gasteiger partial charge in [-0.2, -0.15) is 14.7 Å². The van der Waals surface area contributed by atoms with Crippen LogP contribution in [0.25, 0.3) is 28.3 Å². The molecule has 1 aliphatic carbocycles. The van der Waals surface area contributed by atoms with Gasteiger partial charge in [0.05, 0.1) is 37.5 Å². The van der Waals surface area contributed by atoms with Crippen molar-refractivity contribution in [2.45, 2.75) is 12.8 Å². The molecule has 0 unspecified atom stereocenters. The molecule has 0 amide bonds. The van der Waals surface area contributed by atoms with Gasteiger partial charge in [-0.1, -0.05) is 6.08 Å². The molecule has 1 saturated heterocycles. The van der Waals surface area contributed by atoms with Crippen LogP contribution in [0.4, 0.5) is 5.82 Å². The van der Waals surface area contributed by atoms with Crippen LogP contribution >= 0.6 is 0 Å².